The Hall–Kier alpha value is -0.370. The first-order valence-corrected chi connectivity index (χ1v) is 5.39. The Bertz CT molecular complexity index is 179. The van der Waals surface area contributed by atoms with Gasteiger partial charge in [0.1, 0.15) is 6.29 Å². The first kappa shape index (κ1) is 9.20. The van der Waals surface area contributed by atoms with Gasteiger partial charge in [-0.05, 0) is 25.2 Å². The van der Waals surface area contributed by atoms with Gasteiger partial charge in [-0.25, -0.2) is 0 Å². The Kier molecular flexibility index (Phi) is 2.68. The van der Waals surface area contributed by atoms with Crippen molar-refractivity contribution in [1.82, 2.24) is 0 Å². The molecule has 0 aromatic heterocycles. The predicted molar refractivity (Wildman–Crippen MR) is 50.5 cm³/mol. The molecule has 0 N–H and O–H groups in total. The number of carbonyl (C=O) groups excluding carboxylic acids is 1. The second-order valence-electron chi connectivity index (χ2n) is 4.62. The van der Waals surface area contributed by atoms with Crippen LogP contribution in [0.1, 0.15) is 38.5 Å². The molecule has 1 unspecified atom stereocenters. The lowest BCUT2D eigenvalue weighted by atomic mass is 9.76. The van der Waals surface area contributed by atoms with Crippen molar-refractivity contribution in [3.8, 4) is 0 Å². The second-order valence-corrected chi connectivity index (χ2v) is 4.62. The fraction of sp³-hybridized carbons (Fsp3) is 0.909. The molecule has 1 aliphatic heterocycles. The Labute approximate surface area is 79.7 Å². The highest BCUT2D eigenvalue weighted by Gasteiger charge is 2.35. The third-order valence-corrected chi connectivity index (χ3v) is 3.66. The summed E-state index contributed by atoms with van der Waals surface area (Å²) in [6.45, 7) is 1.45. The predicted octanol–water partition coefficient (Wildman–Crippen LogP) is 2.17. The molecule has 1 saturated heterocycles. The number of carbonyl (C=O) groups is 1. The molecular weight excluding hydrogens is 164 g/mol. The van der Waals surface area contributed by atoms with Crippen LogP contribution in [-0.4, -0.2) is 19.5 Å². The third kappa shape index (κ3) is 1.93. The highest BCUT2D eigenvalue weighted by Crippen LogP contribution is 2.37. The van der Waals surface area contributed by atoms with Crippen LogP contribution in [-0.2, 0) is 9.53 Å². The van der Waals surface area contributed by atoms with Crippen LogP contribution >= 0.6 is 0 Å². The van der Waals surface area contributed by atoms with Crippen LogP contribution in [0.2, 0.25) is 0 Å². The first-order valence-electron chi connectivity index (χ1n) is 5.39. The second kappa shape index (κ2) is 3.79. The maximum atomic E-state index is 11.0. The van der Waals surface area contributed by atoms with E-state index >= 15 is 0 Å². The minimum Gasteiger partial charge on any atom is -0.380 e. The zero-order chi connectivity index (χ0) is 9.15. The Balaban J connectivity index is 1.79. The molecule has 1 saturated carbocycles. The van der Waals surface area contributed by atoms with Crippen molar-refractivity contribution in [3.63, 3.8) is 0 Å². The molecule has 0 spiro atoms. The zero-order valence-electron chi connectivity index (χ0n) is 8.13. The van der Waals surface area contributed by atoms with Crippen molar-refractivity contribution < 1.29 is 9.53 Å². The molecular formula is C11H18O2. The van der Waals surface area contributed by atoms with Crippen LogP contribution in [0.3, 0.4) is 0 Å². The third-order valence-electron chi connectivity index (χ3n) is 3.66. The van der Waals surface area contributed by atoms with E-state index in [9.17, 15) is 4.79 Å². The maximum absolute atomic E-state index is 11.0. The molecule has 2 aliphatic rings. The van der Waals surface area contributed by atoms with Gasteiger partial charge in [0.25, 0.3) is 0 Å². The minimum absolute atomic E-state index is 0.102. The van der Waals surface area contributed by atoms with E-state index < -0.39 is 0 Å². The first-order chi connectivity index (χ1) is 6.35. The zero-order valence-corrected chi connectivity index (χ0v) is 8.13. The number of rotatable bonds is 4. The number of ether oxygens (including phenoxy) is 1. The summed E-state index contributed by atoms with van der Waals surface area (Å²) in [5.74, 6) is 0.914. The van der Waals surface area contributed by atoms with Crippen LogP contribution in [0.4, 0.5) is 0 Å². The Morgan fingerprint density at radius 2 is 2.31 bits per heavy atom. The molecule has 2 heteroatoms. The Morgan fingerprint density at radius 1 is 1.46 bits per heavy atom. The molecule has 0 aromatic carbocycles. The Morgan fingerprint density at radius 3 is 2.77 bits per heavy atom. The van der Waals surface area contributed by atoms with Gasteiger partial charge in [0, 0.05) is 6.61 Å². The molecule has 2 rings (SSSR count). The van der Waals surface area contributed by atoms with E-state index in [4.69, 9.17) is 4.74 Å². The highest BCUT2D eigenvalue weighted by atomic mass is 16.5. The molecule has 1 atom stereocenters. The summed E-state index contributed by atoms with van der Waals surface area (Å²) in [6, 6.07) is 0. The maximum Gasteiger partial charge on any atom is 0.128 e. The van der Waals surface area contributed by atoms with Gasteiger partial charge in [-0.15, -0.1) is 0 Å². The lowest BCUT2D eigenvalue weighted by Gasteiger charge is -2.29. The quantitative estimate of drug-likeness (QED) is 0.623. The molecule has 1 heterocycles. The molecule has 0 radical (unpaired) electrons. The summed E-state index contributed by atoms with van der Waals surface area (Å²) in [4.78, 5) is 11.0. The monoisotopic (exact) mass is 182 g/mol. The highest BCUT2D eigenvalue weighted by molar-refractivity contribution is 5.60. The smallest absolute Gasteiger partial charge is 0.128 e. The molecule has 74 valence electrons. The summed E-state index contributed by atoms with van der Waals surface area (Å²) in [6.07, 6.45) is 8.55. The van der Waals surface area contributed by atoms with Crippen molar-refractivity contribution in [2.24, 2.45) is 11.3 Å². The summed E-state index contributed by atoms with van der Waals surface area (Å²) >= 11 is 0. The van der Waals surface area contributed by atoms with E-state index in [1.54, 1.807) is 0 Å². The summed E-state index contributed by atoms with van der Waals surface area (Å²) in [5, 5.41) is 0. The van der Waals surface area contributed by atoms with Crippen LogP contribution in [0.25, 0.3) is 0 Å². The van der Waals surface area contributed by atoms with Gasteiger partial charge in [-0.3, -0.25) is 0 Å². The van der Waals surface area contributed by atoms with E-state index in [0.717, 1.165) is 31.7 Å². The number of aldehydes is 1. The molecule has 13 heavy (non-hydrogen) atoms. The van der Waals surface area contributed by atoms with Crippen LogP contribution < -0.4 is 0 Å². The largest absolute Gasteiger partial charge is 0.380 e. The molecule has 0 amide bonds. The van der Waals surface area contributed by atoms with Gasteiger partial charge in [0.05, 0.1) is 12.0 Å². The van der Waals surface area contributed by atoms with Gasteiger partial charge in [-0.2, -0.15) is 0 Å². The van der Waals surface area contributed by atoms with Gasteiger partial charge in [0.15, 0.2) is 0 Å². The molecule has 0 bridgehead atoms. The summed E-state index contributed by atoms with van der Waals surface area (Å²) < 4.78 is 5.30. The summed E-state index contributed by atoms with van der Waals surface area (Å²) in [7, 11) is 0. The average Bonchev–Trinajstić information content (AvgIpc) is 2.51. The lowest BCUT2D eigenvalue weighted by molar-refractivity contribution is -0.116. The van der Waals surface area contributed by atoms with Gasteiger partial charge < -0.3 is 9.53 Å². The number of hydrogen-bond acceptors (Lipinski definition) is 2. The van der Waals surface area contributed by atoms with E-state index in [0.29, 0.717) is 6.61 Å². The van der Waals surface area contributed by atoms with Crippen molar-refractivity contribution in [3.05, 3.63) is 0 Å². The van der Waals surface area contributed by atoms with Crippen molar-refractivity contribution in [1.29, 1.82) is 0 Å². The van der Waals surface area contributed by atoms with E-state index in [2.05, 4.69) is 0 Å². The number of hydrogen-bond donors (Lipinski definition) is 0. The van der Waals surface area contributed by atoms with Gasteiger partial charge in [0.2, 0.25) is 0 Å². The standard InChI is InChI=1S/C11H18O2/c12-8-11(6-7-13-9-11)5-4-10-2-1-3-10/h8,10H,1-7,9H2. The molecule has 1 aliphatic carbocycles. The van der Waals surface area contributed by atoms with E-state index in [1.807, 2.05) is 0 Å². The van der Waals surface area contributed by atoms with Crippen molar-refractivity contribution in [2.75, 3.05) is 13.2 Å². The van der Waals surface area contributed by atoms with Crippen LogP contribution in [0.15, 0.2) is 0 Å². The van der Waals surface area contributed by atoms with Gasteiger partial charge >= 0.3 is 0 Å². The molecule has 0 aromatic rings. The van der Waals surface area contributed by atoms with Crippen LogP contribution in [0.5, 0.6) is 0 Å². The topological polar surface area (TPSA) is 26.3 Å². The fourth-order valence-electron chi connectivity index (χ4n) is 2.25. The average molecular weight is 182 g/mol. The van der Waals surface area contributed by atoms with Crippen molar-refractivity contribution >= 4 is 6.29 Å². The molecule has 2 nitrogen and oxygen atoms in total. The summed E-state index contributed by atoms with van der Waals surface area (Å²) in [5.41, 5.74) is -0.102. The SMILES string of the molecule is O=CC1(CCC2CCC2)CCOC1. The lowest BCUT2D eigenvalue weighted by Crippen LogP contribution is -2.25. The van der Waals surface area contributed by atoms with Gasteiger partial charge in [-0.1, -0.05) is 19.3 Å². The normalized spacial score (nSPS) is 34.5. The van der Waals surface area contributed by atoms with E-state index in [-0.39, 0.29) is 5.41 Å². The van der Waals surface area contributed by atoms with Crippen molar-refractivity contribution in [2.45, 2.75) is 38.5 Å². The fourth-order valence-corrected chi connectivity index (χ4v) is 2.25. The minimum atomic E-state index is -0.102. The van der Waals surface area contributed by atoms with Crippen LogP contribution in [0, 0.1) is 11.3 Å². The van der Waals surface area contributed by atoms with E-state index in [1.165, 1.54) is 25.7 Å². The molecule has 2 fully saturated rings.